The third-order valence-electron chi connectivity index (χ3n) is 6.43. The number of carbonyl (C=O) groups is 2. The van der Waals surface area contributed by atoms with Crippen molar-refractivity contribution in [2.45, 2.75) is 26.7 Å². The first-order valence-electron chi connectivity index (χ1n) is 12.0. The smallest absolute Gasteiger partial charge is 0.167 e. The molecule has 0 N–H and O–H groups in total. The van der Waals surface area contributed by atoms with Crippen molar-refractivity contribution >= 4 is 22.3 Å². The van der Waals surface area contributed by atoms with E-state index in [-0.39, 0.29) is 37.0 Å². The first kappa shape index (κ1) is 25.1. The summed E-state index contributed by atoms with van der Waals surface area (Å²) >= 11 is 0. The molecule has 0 spiro atoms. The molecule has 5 heteroatoms. The Bertz CT molecular complexity index is 1350. The summed E-state index contributed by atoms with van der Waals surface area (Å²) in [6, 6.07) is 26.9. The summed E-state index contributed by atoms with van der Waals surface area (Å²) < 4.78 is 24.9. The lowest BCUT2D eigenvalue weighted by atomic mass is 9.75. The molecular formula is C31H29FO4. The standard InChI is InChI=1S/C31H29FO4/c1-22(33)31(2,20-23-8-4-3-5-9-23)21-29(34)28-17-12-24-10-6-7-11-27(24)30(28)36-19-18-35-26-15-13-25(32)14-16-26/h3-17H,18-21H2,1-2H3. The number of Topliss-reactive ketones (excluding diaryl/α,β-unsaturated/α-hetero) is 2. The van der Waals surface area contributed by atoms with Gasteiger partial charge in [-0.05, 0) is 54.6 Å². The van der Waals surface area contributed by atoms with Crippen molar-refractivity contribution in [1.82, 2.24) is 0 Å². The van der Waals surface area contributed by atoms with Gasteiger partial charge in [-0.15, -0.1) is 0 Å². The fraction of sp³-hybridized carbons (Fsp3) is 0.226. The van der Waals surface area contributed by atoms with Crippen LogP contribution in [0.25, 0.3) is 10.8 Å². The number of hydrogen-bond donors (Lipinski definition) is 0. The third kappa shape index (κ3) is 5.98. The molecule has 1 unspecified atom stereocenters. The van der Waals surface area contributed by atoms with E-state index in [1.165, 1.54) is 12.1 Å². The van der Waals surface area contributed by atoms with Crippen LogP contribution in [0.5, 0.6) is 11.5 Å². The summed E-state index contributed by atoms with van der Waals surface area (Å²) in [7, 11) is 0. The molecule has 0 bridgehead atoms. The Balaban J connectivity index is 1.55. The van der Waals surface area contributed by atoms with Gasteiger partial charge in [-0.1, -0.05) is 67.6 Å². The van der Waals surface area contributed by atoms with Crippen molar-refractivity contribution in [3.05, 3.63) is 108 Å². The molecular weight excluding hydrogens is 455 g/mol. The minimum Gasteiger partial charge on any atom is -0.490 e. The SMILES string of the molecule is CC(=O)C(C)(CC(=O)c1ccc2ccccc2c1OCCOc1ccc(F)cc1)Cc1ccccc1. The van der Waals surface area contributed by atoms with E-state index in [0.29, 0.717) is 23.5 Å². The quantitative estimate of drug-likeness (QED) is 0.173. The average molecular weight is 485 g/mol. The monoisotopic (exact) mass is 484 g/mol. The summed E-state index contributed by atoms with van der Waals surface area (Å²) in [4.78, 5) is 26.3. The van der Waals surface area contributed by atoms with Crippen LogP contribution in [0.2, 0.25) is 0 Å². The Morgan fingerprint density at radius 1 is 0.806 bits per heavy atom. The maximum atomic E-state index is 13.6. The Kier molecular flexibility index (Phi) is 7.79. The Labute approximate surface area is 210 Å². The largest absolute Gasteiger partial charge is 0.490 e. The lowest BCUT2D eigenvalue weighted by molar-refractivity contribution is -0.125. The van der Waals surface area contributed by atoms with Crippen molar-refractivity contribution in [2.75, 3.05) is 13.2 Å². The minimum atomic E-state index is -0.840. The normalized spacial score (nSPS) is 12.6. The van der Waals surface area contributed by atoms with Crippen LogP contribution in [0.15, 0.2) is 91.0 Å². The van der Waals surface area contributed by atoms with Gasteiger partial charge in [0.2, 0.25) is 0 Å². The second-order valence-electron chi connectivity index (χ2n) is 9.19. The number of hydrogen-bond acceptors (Lipinski definition) is 4. The van der Waals surface area contributed by atoms with E-state index >= 15 is 0 Å². The molecule has 0 fully saturated rings. The maximum absolute atomic E-state index is 13.6. The van der Waals surface area contributed by atoms with Crippen LogP contribution in [0.4, 0.5) is 4.39 Å². The van der Waals surface area contributed by atoms with Crippen LogP contribution < -0.4 is 9.47 Å². The highest BCUT2D eigenvalue weighted by Gasteiger charge is 2.34. The number of benzene rings is 4. The highest BCUT2D eigenvalue weighted by Crippen LogP contribution is 2.35. The molecule has 0 saturated heterocycles. The predicted octanol–water partition coefficient (Wildman–Crippen LogP) is 6.85. The molecule has 0 aliphatic carbocycles. The predicted molar refractivity (Wildman–Crippen MR) is 139 cm³/mol. The van der Waals surface area contributed by atoms with Crippen LogP contribution in [-0.4, -0.2) is 24.8 Å². The number of carbonyl (C=O) groups excluding carboxylic acids is 2. The van der Waals surface area contributed by atoms with E-state index < -0.39 is 5.41 Å². The maximum Gasteiger partial charge on any atom is 0.167 e. The Morgan fingerprint density at radius 3 is 2.19 bits per heavy atom. The van der Waals surface area contributed by atoms with Gasteiger partial charge < -0.3 is 9.47 Å². The van der Waals surface area contributed by atoms with E-state index in [0.717, 1.165) is 16.3 Å². The van der Waals surface area contributed by atoms with Crippen LogP contribution in [0.1, 0.15) is 36.2 Å². The molecule has 4 aromatic rings. The molecule has 1 atom stereocenters. The first-order valence-corrected chi connectivity index (χ1v) is 12.0. The van der Waals surface area contributed by atoms with Crippen LogP contribution in [0, 0.1) is 11.2 Å². The molecule has 0 aromatic heterocycles. The molecule has 0 heterocycles. The molecule has 4 nitrogen and oxygen atoms in total. The summed E-state index contributed by atoms with van der Waals surface area (Å²) in [6.45, 7) is 3.81. The molecule has 0 aliphatic rings. The molecule has 0 aliphatic heterocycles. The first-order chi connectivity index (χ1) is 17.4. The van der Waals surface area contributed by atoms with Gasteiger partial charge >= 0.3 is 0 Å². The van der Waals surface area contributed by atoms with E-state index in [2.05, 4.69) is 0 Å². The second-order valence-corrected chi connectivity index (χ2v) is 9.19. The lowest BCUT2D eigenvalue weighted by Crippen LogP contribution is -2.31. The zero-order chi connectivity index (χ0) is 25.5. The number of ketones is 2. The second kappa shape index (κ2) is 11.2. The van der Waals surface area contributed by atoms with Gasteiger partial charge in [0.1, 0.15) is 36.3 Å². The number of ether oxygens (including phenoxy) is 2. The molecule has 0 amide bonds. The minimum absolute atomic E-state index is 0.0318. The molecule has 4 aromatic carbocycles. The highest BCUT2D eigenvalue weighted by atomic mass is 19.1. The van der Waals surface area contributed by atoms with Gasteiger partial charge in [0, 0.05) is 17.2 Å². The topological polar surface area (TPSA) is 52.6 Å². The van der Waals surface area contributed by atoms with Crippen molar-refractivity contribution in [3.8, 4) is 11.5 Å². The molecule has 4 rings (SSSR count). The van der Waals surface area contributed by atoms with Crippen molar-refractivity contribution < 1.29 is 23.5 Å². The van der Waals surface area contributed by atoms with Gasteiger partial charge in [0.05, 0.1) is 5.56 Å². The average Bonchev–Trinajstić information content (AvgIpc) is 2.88. The van der Waals surface area contributed by atoms with Gasteiger partial charge in [-0.3, -0.25) is 9.59 Å². The summed E-state index contributed by atoms with van der Waals surface area (Å²) in [5.74, 6) is 0.501. The van der Waals surface area contributed by atoms with E-state index in [9.17, 15) is 14.0 Å². The molecule has 0 saturated carbocycles. The van der Waals surface area contributed by atoms with E-state index in [1.807, 2.05) is 67.6 Å². The number of rotatable bonds is 11. The Hall–Kier alpha value is -3.99. The Morgan fingerprint density at radius 2 is 1.47 bits per heavy atom. The van der Waals surface area contributed by atoms with Gasteiger partial charge in [0.25, 0.3) is 0 Å². The highest BCUT2D eigenvalue weighted by molar-refractivity contribution is 6.06. The van der Waals surface area contributed by atoms with Crippen molar-refractivity contribution in [1.29, 1.82) is 0 Å². The van der Waals surface area contributed by atoms with Crippen molar-refractivity contribution in [2.24, 2.45) is 5.41 Å². The van der Waals surface area contributed by atoms with Gasteiger partial charge in [-0.2, -0.15) is 0 Å². The third-order valence-corrected chi connectivity index (χ3v) is 6.43. The van der Waals surface area contributed by atoms with Crippen LogP contribution in [-0.2, 0) is 11.2 Å². The zero-order valence-electron chi connectivity index (χ0n) is 20.5. The van der Waals surface area contributed by atoms with Gasteiger partial charge in [-0.25, -0.2) is 4.39 Å². The molecule has 184 valence electrons. The zero-order valence-corrected chi connectivity index (χ0v) is 20.5. The van der Waals surface area contributed by atoms with Gasteiger partial charge in [0.15, 0.2) is 5.78 Å². The van der Waals surface area contributed by atoms with Crippen molar-refractivity contribution in [3.63, 3.8) is 0 Å². The number of halogens is 1. The van der Waals surface area contributed by atoms with E-state index in [4.69, 9.17) is 9.47 Å². The fourth-order valence-electron chi connectivity index (χ4n) is 4.26. The summed E-state index contributed by atoms with van der Waals surface area (Å²) in [6.07, 6.45) is 0.544. The van der Waals surface area contributed by atoms with E-state index in [1.54, 1.807) is 25.1 Å². The molecule has 0 radical (unpaired) electrons. The summed E-state index contributed by atoms with van der Waals surface area (Å²) in [5.41, 5.74) is 0.611. The van der Waals surface area contributed by atoms with Crippen LogP contribution in [0.3, 0.4) is 0 Å². The lowest BCUT2D eigenvalue weighted by Gasteiger charge is -2.27. The molecule has 36 heavy (non-hydrogen) atoms. The number of fused-ring (bicyclic) bond motifs is 1. The summed E-state index contributed by atoms with van der Waals surface area (Å²) in [5, 5.41) is 1.76. The fourth-order valence-corrected chi connectivity index (χ4v) is 4.26. The van der Waals surface area contributed by atoms with Crippen LogP contribution >= 0.6 is 0 Å².